The zero-order valence-corrected chi connectivity index (χ0v) is 90.5. The fourth-order valence-corrected chi connectivity index (χ4v) is 21.3. The molecule has 16 heteroatoms. The molecule has 0 unspecified atom stereocenters. The Morgan fingerprint density at radius 1 is 0.215 bits per heavy atom. The van der Waals surface area contributed by atoms with Gasteiger partial charge in [0, 0.05) is 33.0 Å². The summed E-state index contributed by atoms with van der Waals surface area (Å²) in [4.78, 5) is 96.2. The van der Waals surface area contributed by atoms with Gasteiger partial charge in [-0.15, -0.1) is 0 Å². The molecular formula is C128H182N2O14. The van der Waals surface area contributed by atoms with Crippen molar-refractivity contribution < 1.29 is 66.7 Å². The number of hydrogen-bond donors (Lipinski definition) is 0. The van der Waals surface area contributed by atoms with Crippen molar-refractivity contribution in [1.82, 2.24) is 0 Å². The molecule has 16 nitrogen and oxygen atoms in total. The third-order valence-electron chi connectivity index (χ3n) is 29.8. The minimum Gasteiger partial charge on any atom is -0.490 e. The molecule has 788 valence electrons. The second kappa shape index (κ2) is 65.8. The molecular weight excluding hydrogens is 1790 g/mol. The lowest BCUT2D eigenvalue weighted by atomic mass is 9.82. The molecule has 144 heavy (non-hydrogen) atoms. The Morgan fingerprint density at radius 3 is 0.639 bits per heavy atom. The van der Waals surface area contributed by atoms with E-state index in [9.17, 15) is 0 Å². The van der Waals surface area contributed by atoms with E-state index in [1.807, 2.05) is 60.7 Å². The van der Waals surface area contributed by atoms with Gasteiger partial charge >= 0.3 is 11.9 Å². The van der Waals surface area contributed by atoms with E-state index in [1.165, 1.54) is 241 Å². The van der Waals surface area contributed by atoms with Gasteiger partial charge < -0.3 is 37.9 Å². The van der Waals surface area contributed by atoms with Crippen LogP contribution in [0, 0.1) is 0 Å². The predicted octanol–water partition coefficient (Wildman–Crippen LogP) is 37.5. The molecule has 0 saturated carbocycles. The van der Waals surface area contributed by atoms with Crippen molar-refractivity contribution in [2.24, 2.45) is 0 Å². The Morgan fingerprint density at radius 2 is 0.417 bits per heavy atom. The van der Waals surface area contributed by atoms with Crippen molar-refractivity contribution in [1.29, 1.82) is 0 Å². The molecule has 0 bridgehead atoms. The summed E-state index contributed by atoms with van der Waals surface area (Å²) in [6, 6.07) is 32.7. The number of unbranched alkanes of at least 4 members (excludes halogenated alkanes) is 54. The van der Waals surface area contributed by atoms with Crippen LogP contribution in [0.4, 0.5) is 11.4 Å². The number of ether oxygens (including phenoxy) is 8. The van der Waals surface area contributed by atoms with Crippen LogP contribution in [0.15, 0.2) is 109 Å². The molecule has 4 amide bonds. The Kier molecular flexibility index (Phi) is 52.4. The Labute approximate surface area is 866 Å². The van der Waals surface area contributed by atoms with E-state index in [0.717, 1.165) is 199 Å². The highest BCUT2D eigenvalue weighted by Crippen LogP contribution is 2.50. The first-order chi connectivity index (χ1) is 70.8. The summed E-state index contributed by atoms with van der Waals surface area (Å²) in [5, 5.41) is 5.70. The van der Waals surface area contributed by atoms with Gasteiger partial charge in [-0.1, -0.05) is 426 Å². The Balaban J connectivity index is 0.891. The molecule has 0 fully saturated rings. The average Bonchev–Trinajstić information content (AvgIpc) is 0.685. The quantitative estimate of drug-likeness (QED) is 0.00876. The third kappa shape index (κ3) is 34.7. The van der Waals surface area contributed by atoms with Crippen molar-refractivity contribution >= 4 is 90.0 Å². The topological polar surface area (TPSA) is 183 Å². The smallest absolute Gasteiger partial charge is 0.343 e. The highest BCUT2D eigenvalue weighted by Gasteiger charge is 2.40. The van der Waals surface area contributed by atoms with Crippen LogP contribution in [0.5, 0.6) is 46.0 Å². The first kappa shape index (κ1) is 115. The van der Waals surface area contributed by atoms with Crippen molar-refractivity contribution in [2.45, 2.75) is 466 Å². The van der Waals surface area contributed by atoms with Crippen LogP contribution < -0.4 is 47.7 Å². The second-order valence-electron chi connectivity index (χ2n) is 41.7. The minimum absolute atomic E-state index is 0.264. The number of nitrogens with zero attached hydrogens (tertiary/aromatic N) is 2. The van der Waals surface area contributed by atoms with Gasteiger partial charge in [0.05, 0.1) is 62.1 Å². The molecule has 2 aliphatic rings. The number of hydrogen-bond acceptors (Lipinski definition) is 14. The number of anilines is 2. The van der Waals surface area contributed by atoms with Crippen LogP contribution in [0.3, 0.4) is 0 Å². The molecule has 0 N–H and O–H groups in total. The van der Waals surface area contributed by atoms with Crippen molar-refractivity contribution in [3.8, 4) is 46.0 Å². The normalized spacial score (nSPS) is 12.5. The fourth-order valence-electron chi connectivity index (χ4n) is 21.3. The molecule has 2 aliphatic heterocycles. The Bertz CT molecular complexity index is 4830. The maximum absolute atomic E-state index is 15.9. The van der Waals surface area contributed by atoms with Crippen molar-refractivity contribution in [2.75, 3.05) is 49.4 Å². The Hall–Kier alpha value is -9.70. The molecule has 11 rings (SSSR count). The monoisotopic (exact) mass is 1970 g/mol. The number of fused-ring (bicyclic) bond motifs is 2. The first-order valence-corrected chi connectivity index (χ1v) is 58.6. The zero-order valence-electron chi connectivity index (χ0n) is 90.5. The van der Waals surface area contributed by atoms with Crippen LogP contribution in [0.25, 0.3) is 43.1 Å². The van der Waals surface area contributed by atoms with Gasteiger partial charge in [0.25, 0.3) is 23.6 Å². The molecule has 0 saturated heterocycles. The van der Waals surface area contributed by atoms with Gasteiger partial charge in [-0.2, -0.15) is 0 Å². The summed E-state index contributed by atoms with van der Waals surface area (Å²) in [5.41, 5.74) is 4.30. The lowest BCUT2D eigenvalue weighted by molar-refractivity contribution is 0.0724. The fraction of sp³-hybridized carbons (Fsp3) is 0.609. The molecule has 0 atom stereocenters. The van der Waals surface area contributed by atoms with Crippen molar-refractivity contribution in [3.05, 3.63) is 154 Å². The number of carbonyl (C=O) groups excluding carboxylic acids is 6. The number of carbonyl (C=O) groups is 6. The molecule has 0 aliphatic carbocycles. The summed E-state index contributed by atoms with van der Waals surface area (Å²) in [7, 11) is 0. The zero-order chi connectivity index (χ0) is 102. The van der Waals surface area contributed by atoms with Crippen LogP contribution >= 0.6 is 0 Å². The van der Waals surface area contributed by atoms with Crippen LogP contribution in [-0.4, -0.2) is 75.2 Å². The van der Waals surface area contributed by atoms with Crippen molar-refractivity contribution in [3.63, 3.8) is 0 Å². The summed E-state index contributed by atoms with van der Waals surface area (Å²) in [5.74, 6) is 0.368. The summed E-state index contributed by atoms with van der Waals surface area (Å²) >= 11 is 0. The number of amides is 4. The highest BCUT2D eigenvalue weighted by atomic mass is 16.6. The second-order valence-corrected chi connectivity index (χ2v) is 41.7. The van der Waals surface area contributed by atoms with Gasteiger partial charge in [0.15, 0.2) is 23.0 Å². The van der Waals surface area contributed by atoms with E-state index >= 15 is 28.8 Å². The average molecular weight is 1970 g/mol. The van der Waals surface area contributed by atoms with E-state index in [4.69, 9.17) is 37.9 Å². The minimum atomic E-state index is -0.597. The molecule has 2 heterocycles. The predicted molar refractivity (Wildman–Crippen MR) is 598 cm³/mol. The molecule has 9 aromatic rings. The molecule has 0 radical (unpaired) electrons. The SMILES string of the molecule is CCCCCCCCCCCCCCCc1cc(OC(=O)c2cc(OCCCCCCCC)c(OCCCCCCCC)c(OCCCCCCCC)c2)ccc1N1C(=O)c2ccc3c4ccc5c6c(ccc(c7ccc(c2c37)C1=O)c64)C(=O)N(c1ccc(OC(=O)c2cc(OCCCCCCCC)c(OCCCCCCCC)c(OCCCCCCCC)c2)cc1CCCCCCCCCCCCCCC)C5=O. The highest BCUT2D eigenvalue weighted by molar-refractivity contribution is 6.45. The number of benzene rings is 9. The van der Waals surface area contributed by atoms with E-state index in [-0.39, 0.29) is 22.6 Å². The van der Waals surface area contributed by atoms with Crippen LogP contribution in [0.2, 0.25) is 0 Å². The lowest BCUT2D eigenvalue weighted by Crippen LogP contribution is -2.41. The van der Waals surface area contributed by atoms with Gasteiger partial charge in [-0.3, -0.25) is 19.2 Å². The molecule has 0 spiro atoms. The number of esters is 2. The van der Waals surface area contributed by atoms with E-state index in [1.54, 1.807) is 48.5 Å². The standard InChI is InChI=1S/C128H182N2O14/c1-9-17-25-33-41-43-45-47-49-51-53-55-63-71-97-91-101(143-127(135)99-93-113(137-85-65-57-35-27-19-11-3)121(141-89-69-61-39-31-23-15-7)114(94-99)138-86-66-58-36-28-20-12-4)73-83-111(97)129-123(131)107-79-75-103-105-77-81-109-120-110(82-78-106(118(105)120)104-76-80-108(124(129)132)119(107)117(103)104)126(134)130(125(109)133)112-84-74-102(92-98(112)72-64-56-54-52-50-48-46-44-42-34-26-18-10-2)144-128(136)100-95-115(139-87-67-59-37-29-21-13-5)122(142-90-70-62-40-32-24-16-8)116(96-100)140-88-68-60-38-30-22-14-6/h73-84,91-96H,9-72,85-90H2,1-8H3. The largest absolute Gasteiger partial charge is 0.490 e. The molecule has 9 aromatic carbocycles. The van der Waals surface area contributed by atoms with Gasteiger partial charge in [-0.25, -0.2) is 19.4 Å². The van der Waals surface area contributed by atoms with Crippen LogP contribution in [-0.2, 0) is 12.8 Å². The summed E-state index contributed by atoms with van der Waals surface area (Å²) in [6.45, 7) is 20.7. The first-order valence-electron chi connectivity index (χ1n) is 58.6. The maximum atomic E-state index is 15.9. The van der Waals surface area contributed by atoms with E-state index < -0.39 is 35.6 Å². The van der Waals surface area contributed by atoms with Gasteiger partial charge in [-0.05, 0) is 193 Å². The van der Waals surface area contributed by atoms with E-state index in [0.29, 0.717) is 143 Å². The maximum Gasteiger partial charge on any atom is 0.343 e. The van der Waals surface area contributed by atoms with Gasteiger partial charge in [0.1, 0.15) is 11.5 Å². The van der Waals surface area contributed by atoms with Crippen LogP contribution in [0.1, 0.15) is 527 Å². The summed E-state index contributed by atoms with van der Waals surface area (Å²) in [6.07, 6.45) is 71.5. The van der Waals surface area contributed by atoms with Gasteiger partial charge in [0.2, 0.25) is 11.5 Å². The summed E-state index contributed by atoms with van der Waals surface area (Å²) < 4.78 is 52.8. The number of imide groups is 2. The number of rotatable bonds is 82. The third-order valence-corrected chi connectivity index (χ3v) is 29.8. The number of aryl methyl sites for hydroxylation is 2. The lowest BCUT2D eigenvalue weighted by Gasteiger charge is -2.31. The van der Waals surface area contributed by atoms with E-state index in [2.05, 4.69) is 55.4 Å². The molecule has 0 aromatic heterocycles.